The van der Waals surface area contributed by atoms with Crippen LogP contribution in [0.25, 0.3) is 0 Å². The number of likely N-dealkylation sites (tertiary alicyclic amines) is 1. The van der Waals surface area contributed by atoms with Crippen LogP contribution in [0.5, 0.6) is 0 Å². The summed E-state index contributed by atoms with van der Waals surface area (Å²) in [6.07, 6.45) is -3.43. The van der Waals surface area contributed by atoms with Crippen LogP contribution in [0.2, 0.25) is 0 Å². The van der Waals surface area contributed by atoms with Gasteiger partial charge in [0, 0.05) is 30.3 Å². The Morgan fingerprint density at radius 2 is 1.94 bits per heavy atom. The number of rotatable bonds is 6. The van der Waals surface area contributed by atoms with Gasteiger partial charge in [-0.25, -0.2) is 0 Å². The van der Waals surface area contributed by atoms with Crippen LogP contribution in [0.4, 0.5) is 18.9 Å². The zero-order chi connectivity index (χ0) is 23.5. The van der Waals surface area contributed by atoms with Crippen molar-refractivity contribution in [2.75, 3.05) is 13.1 Å². The molecule has 1 atom stereocenters. The molecule has 0 aromatic heterocycles. The van der Waals surface area contributed by atoms with E-state index in [0.29, 0.717) is 24.9 Å². The molecule has 1 unspecified atom stereocenters. The third-order valence-electron chi connectivity index (χ3n) is 5.47. The van der Waals surface area contributed by atoms with E-state index < -0.39 is 34.5 Å². The van der Waals surface area contributed by atoms with Crippen LogP contribution in [-0.2, 0) is 17.4 Å². The lowest BCUT2D eigenvalue weighted by Crippen LogP contribution is -2.46. The molecule has 1 aliphatic rings. The summed E-state index contributed by atoms with van der Waals surface area (Å²) in [6.45, 7) is 1.88. The average Bonchev–Trinajstić information content (AvgIpc) is 3.22. The number of carbonyl (C=O) groups excluding carboxylic acids is 2. The van der Waals surface area contributed by atoms with Gasteiger partial charge in [-0.1, -0.05) is 18.2 Å². The molecule has 32 heavy (non-hydrogen) atoms. The molecule has 1 heterocycles. The van der Waals surface area contributed by atoms with Gasteiger partial charge in [-0.15, -0.1) is 0 Å². The Kier molecular flexibility index (Phi) is 6.81. The van der Waals surface area contributed by atoms with E-state index in [2.05, 4.69) is 5.32 Å². The predicted octanol–water partition coefficient (Wildman–Crippen LogP) is 3.89. The summed E-state index contributed by atoms with van der Waals surface area (Å²) in [5.41, 5.74) is -0.172. The highest BCUT2D eigenvalue weighted by atomic mass is 19.4. The second-order valence-electron chi connectivity index (χ2n) is 7.61. The van der Waals surface area contributed by atoms with E-state index in [-0.39, 0.29) is 29.8 Å². The summed E-state index contributed by atoms with van der Waals surface area (Å²) in [7, 11) is 0. The Bertz CT molecular complexity index is 1040. The van der Waals surface area contributed by atoms with Crippen LogP contribution >= 0.6 is 0 Å². The Balaban J connectivity index is 1.64. The Labute approximate surface area is 182 Å². The molecule has 170 valence electrons. The van der Waals surface area contributed by atoms with Crippen molar-refractivity contribution in [3.05, 3.63) is 74.8 Å². The van der Waals surface area contributed by atoms with Gasteiger partial charge in [-0.2, -0.15) is 13.2 Å². The number of nitrogens with one attached hydrogen (secondary N) is 1. The van der Waals surface area contributed by atoms with Crippen molar-refractivity contribution in [1.82, 2.24) is 10.2 Å². The summed E-state index contributed by atoms with van der Waals surface area (Å²) in [5, 5.41) is 13.6. The number of carbonyl (C=O) groups is 2. The number of halogens is 3. The topological polar surface area (TPSA) is 92.6 Å². The normalized spacial score (nSPS) is 16.1. The molecule has 0 aliphatic carbocycles. The van der Waals surface area contributed by atoms with E-state index >= 15 is 0 Å². The summed E-state index contributed by atoms with van der Waals surface area (Å²) < 4.78 is 39.3. The quantitative estimate of drug-likeness (QED) is 0.535. The van der Waals surface area contributed by atoms with Crippen molar-refractivity contribution < 1.29 is 27.7 Å². The van der Waals surface area contributed by atoms with Gasteiger partial charge >= 0.3 is 6.18 Å². The van der Waals surface area contributed by atoms with Crippen LogP contribution in [0.15, 0.2) is 42.5 Å². The highest BCUT2D eigenvalue weighted by molar-refractivity contribution is 5.98. The minimum Gasteiger partial charge on any atom is -0.354 e. The third kappa shape index (κ3) is 5.06. The van der Waals surface area contributed by atoms with Gasteiger partial charge in [0.1, 0.15) is 6.04 Å². The fourth-order valence-electron chi connectivity index (χ4n) is 3.89. The molecule has 2 aromatic carbocycles. The average molecular weight is 449 g/mol. The van der Waals surface area contributed by atoms with E-state index in [0.717, 1.165) is 6.07 Å². The van der Waals surface area contributed by atoms with Gasteiger partial charge in [-0.05, 0) is 49.9 Å². The van der Waals surface area contributed by atoms with Crippen molar-refractivity contribution in [2.24, 2.45) is 0 Å². The second kappa shape index (κ2) is 9.37. The first kappa shape index (κ1) is 23.2. The van der Waals surface area contributed by atoms with Gasteiger partial charge in [0.05, 0.1) is 10.5 Å². The summed E-state index contributed by atoms with van der Waals surface area (Å²) in [5.74, 6) is -0.845. The molecule has 1 aliphatic heterocycles. The smallest absolute Gasteiger partial charge is 0.354 e. The fraction of sp³-hybridized carbons (Fsp3) is 0.364. The van der Waals surface area contributed by atoms with Crippen molar-refractivity contribution in [1.29, 1.82) is 0 Å². The van der Waals surface area contributed by atoms with Crippen LogP contribution in [0.3, 0.4) is 0 Å². The van der Waals surface area contributed by atoms with Crippen LogP contribution < -0.4 is 5.32 Å². The summed E-state index contributed by atoms with van der Waals surface area (Å²) in [4.78, 5) is 37.4. The van der Waals surface area contributed by atoms with Crippen molar-refractivity contribution in [2.45, 2.75) is 38.4 Å². The van der Waals surface area contributed by atoms with E-state index in [1.807, 2.05) is 0 Å². The molecule has 2 amide bonds. The molecule has 3 rings (SSSR count). The maximum atomic E-state index is 13.1. The van der Waals surface area contributed by atoms with E-state index in [9.17, 15) is 32.9 Å². The Hall–Kier alpha value is -3.43. The fourth-order valence-corrected chi connectivity index (χ4v) is 3.89. The van der Waals surface area contributed by atoms with Gasteiger partial charge in [0.15, 0.2) is 0 Å². The lowest BCUT2D eigenvalue weighted by Gasteiger charge is -2.24. The Morgan fingerprint density at radius 1 is 1.22 bits per heavy atom. The maximum Gasteiger partial charge on any atom is 0.416 e. The minimum atomic E-state index is -4.47. The van der Waals surface area contributed by atoms with Crippen LogP contribution in [-0.4, -0.2) is 40.8 Å². The summed E-state index contributed by atoms with van der Waals surface area (Å²) in [6, 6.07) is 8.49. The van der Waals surface area contributed by atoms with E-state index in [4.69, 9.17) is 0 Å². The molecule has 1 fully saturated rings. The number of benzene rings is 2. The van der Waals surface area contributed by atoms with E-state index in [1.54, 1.807) is 0 Å². The number of alkyl halides is 3. The molecule has 0 bridgehead atoms. The maximum absolute atomic E-state index is 13.1. The van der Waals surface area contributed by atoms with Crippen molar-refractivity contribution >= 4 is 17.5 Å². The minimum absolute atomic E-state index is 0.00109. The molecule has 0 saturated carbocycles. The van der Waals surface area contributed by atoms with Crippen LogP contribution in [0, 0.1) is 17.0 Å². The van der Waals surface area contributed by atoms with Gasteiger partial charge in [0.2, 0.25) is 5.91 Å². The van der Waals surface area contributed by atoms with Gasteiger partial charge in [0.25, 0.3) is 11.6 Å². The summed E-state index contributed by atoms with van der Waals surface area (Å²) >= 11 is 0. The lowest BCUT2D eigenvalue weighted by molar-refractivity contribution is -0.385. The molecule has 1 N–H and O–H groups in total. The molecule has 0 spiro atoms. The molecule has 0 radical (unpaired) electrons. The first-order chi connectivity index (χ1) is 15.1. The second-order valence-corrected chi connectivity index (χ2v) is 7.61. The standard InChI is InChI=1S/C22H22F3N3O4/c1-14-13-16(8-9-18(14)28(31)32)21(30)27-12-4-7-19(27)20(29)26-11-10-15-5-2-3-6-17(15)22(23,24)25/h2-3,5-6,8-9,13,19H,4,7,10-12H2,1H3,(H,26,29). The van der Waals surface area contributed by atoms with Gasteiger partial charge < -0.3 is 10.2 Å². The molecule has 1 saturated heterocycles. The number of nitro groups is 1. The largest absolute Gasteiger partial charge is 0.416 e. The number of hydrogen-bond donors (Lipinski definition) is 1. The van der Waals surface area contributed by atoms with Crippen molar-refractivity contribution in [3.8, 4) is 0 Å². The number of amides is 2. The lowest BCUT2D eigenvalue weighted by atomic mass is 10.0. The molecule has 2 aromatic rings. The zero-order valence-corrected chi connectivity index (χ0v) is 17.3. The zero-order valence-electron chi connectivity index (χ0n) is 17.3. The highest BCUT2D eigenvalue weighted by Crippen LogP contribution is 2.32. The number of hydrogen-bond acceptors (Lipinski definition) is 4. The number of nitrogens with zero attached hydrogens (tertiary/aromatic N) is 2. The first-order valence-corrected chi connectivity index (χ1v) is 10.1. The highest BCUT2D eigenvalue weighted by Gasteiger charge is 2.35. The third-order valence-corrected chi connectivity index (χ3v) is 5.47. The van der Waals surface area contributed by atoms with Crippen molar-refractivity contribution in [3.63, 3.8) is 0 Å². The number of nitro benzene ring substituents is 1. The Morgan fingerprint density at radius 3 is 2.59 bits per heavy atom. The van der Waals surface area contributed by atoms with Gasteiger partial charge in [-0.3, -0.25) is 19.7 Å². The molecular weight excluding hydrogens is 427 g/mol. The predicted molar refractivity (Wildman–Crippen MR) is 110 cm³/mol. The van der Waals surface area contributed by atoms with Crippen LogP contribution in [0.1, 0.15) is 39.9 Å². The SMILES string of the molecule is Cc1cc(C(=O)N2CCCC2C(=O)NCCc2ccccc2C(F)(F)F)ccc1[N+](=O)[O-]. The monoisotopic (exact) mass is 449 g/mol. The van der Waals surface area contributed by atoms with E-state index in [1.165, 1.54) is 48.2 Å². The molecule has 10 heteroatoms. The number of aryl methyl sites for hydroxylation is 1. The molecular formula is C22H22F3N3O4. The first-order valence-electron chi connectivity index (χ1n) is 10.1. The molecule has 7 nitrogen and oxygen atoms in total.